The molecule has 0 atom stereocenters. The van der Waals surface area contributed by atoms with Crippen LogP contribution in [0.3, 0.4) is 0 Å². The van der Waals surface area contributed by atoms with Gasteiger partial charge in [0, 0.05) is 17.6 Å². The van der Waals surface area contributed by atoms with Crippen molar-refractivity contribution in [3.05, 3.63) is 33.3 Å². The largest absolute Gasteiger partial charge is 0.379 e. The maximum atomic E-state index is 10.8. The minimum absolute atomic E-state index is 0.0284. The van der Waals surface area contributed by atoms with Crippen molar-refractivity contribution in [2.45, 2.75) is 13.3 Å². The van der Waals surface area contributed by atoms with Gasteiger partial charge in [-0.25, -0.2) is 0 Å². The van der Waals surface area contributed by atoms with Crippen LogP contribution in [0.15, 0.2) is 18.2 Å². The highest BCUT2D eigenvalue weighted by molar-refractivity contribution is 7.99. The number of benzene rings is 1. The average molecular weight is 275 g/mol. The molecule has 0 amide bonds. The number of nitro groups is 1. The molecule has 94 valence electrons. The van der Waals surface area contributed by atoms with Gasteiger partial charge in [-0.2, -0.15) is 11.8 Å². The van der Waals surface area contributed by atoms with Crippen molar-refractivity contribution >= 4 is 34.7 Å². The molecule has 6 heteroatoms. The second kappa shape index (κ2) is 7.40. The fourth-order valence-electron chi connectivity index (χ4n) is 1.35. The van der Waals surface area contributed by atoms with Gasteiger partial charge < -0.3 is 5.32 Å². The molecule has 0 spiro atoms. The van der Waals surface area contributed by atoms with Crippen LogP contribution >= 0.6 is 23.4 Å². The number of anilines is 1. The Labute approximate surface area is 110 Å². The van der Waals surface area contributed by atoms with E-state index in [0.717, 1.165) is 24.5 Å². The van der Waals surface area contributed by atoms with E-state index in [0.29, 0.717) is 10.7 Å². The molecular formula is C11H15ClN2O2S. The normalized spacial score (nSPS) is 10.2. The topological polar surface area (TPSA) is 55.2 Å². The van der Waals surface area contributed by atoms with Gasteiger partial charge in [0.2, 0.25) is 0 Å². The van der Waals surface area contributed by atoms with Gasteiger partial charge in [-0.15, -0.1) is 0 Å². The van der Waals surface area contributed by atoms with E-state index in [1.807, 2.05) is 11.8 Å². The lowest BCUT2D eigenvalue weighted by atomic mass is 10.2. The summed E-state index contributed by atoms with van der Waals surface area (Å²) in [5.74, 6) is 2.16. The van der Waals surface area contributed by atoms with Gasteiger partial charge in [0.25, 0.3) is 5.69 Å². The lowest BCUT2D eigenvalue weighted by Crippen LogP contribution is -2.05. The molecule has 0 unspecified atom stereocenters. The van der Waals surface area contributed by atoms with Crippen molar-refractivity contribution in [1.82, 2.24) is 0 Å². The second-order valence-corrected chi connectivity index (χ2v) is 5.23. The first-order chi connectivity index (χ1) is 8.15. The molecule has 0 aromatic heterocycles. The summed E-state index contributed by atoms with van der Waals surface area (Å²) in [6, 6.07) is 4.66. The summed E-state index contributed by atoms with van der Waals surface area (Å²) >= 11 is 7.59. The summed E-state index contributed by atoms with van der Waals surface area (Å²) in [5, 5.41) is 14.3. The molecule has 4 nitrogen and oxygen atoms in total. The number of nitro benzene ring substituents is 1. The first-order valence-electron chi connectivity index (χ1n) is 5.40. The van der Waals surface area contributed by atoms with Crippen LogP contribution in [0.2, 0.25) is 5.02 Å². The Morgan fingerprint density at radius 2 is 2.29 bits per heavy atom. The number of hydrogen-bond acceptors (Lipinski definition) is 4. The Morgan fingerprint density at radius 1 is 1.53 bits per heavy atom. The van der Waals surface area contributed by atoms with E-state index in [4.69, 9.17) is 11.6 Å². The third-order valence-electron chi connectivity index (χ3n) is 2.14. The molecule has 1 rings (SSSR count). The molecule has 0 bridgehead atoms. The van der Waals surface area contributed by atoms with Crippen LogP contribution in [0.4, 0.5) is 11.4 Å². The van der Waals surface area contributed by atoms with Crippen LogP contribution in [-0.2, 0) is 0 Å². The van der Waals surface area contributed by atoms with Crippen LogP contribution in [0.5, 0.6) is 0 Å². The standard InChI is InChI=1S/C11H15ClN2O2S/c1-2-17-7-3-6-13-10-5-4-9(12)8-11(10)14(15)16/h4-5,8,13H,2-3,6-7H2,1H3. The van der Waals surface area contributed by atoms with Crippen molar-refractivity contribution in [3.63, 3.8) is 0 Å². The molecule has 0 radical (unpaired) electrons. The highest BCUT2D eigenvalue weighted by Crippen LogP contribution is 2.27. The Balaban J connectivity index is 2.55. The first-order valence-corrected chi connectivity index (χ1v) is 6.94. The fourth-order valence-corrected chi connectivity index (χ4v) is 2.15. The Kier molecular flexibility index (Phi) is 6.15. The summed E-state index contributed by atoms with van der Waals surface area (Å²) in [6.45, 7) is 2.84. The number of rotatable bonds is 7. The molecule has 0 saturated carbocycles. The van der Waals surface area contributed by atoms with E-state index in [9.17, 15) is 10.1 Å². The molecule has 0 aliphatic heterocycles. The van der Waals surface area contributed by atoms with E-state index in [2.05, 4.69) is 12.2 Å². The number of hydrogen-bond donors (Lipinski definition) is 1. The summed E-state index contributed by atoms with van der Waals surface area (Å²) in [4.78, 5) is 10.4. The summed E-state index contributed by atoms with van der Waals surface area (Å²) in [5.41, 5.74) is 0.557. The van der Waals surface area contributed by atoms with Gasteiger partial charge in [-0.1, -0.05) is 18.5 Å². The first kappa shape index (κ1) is 14.1. The van der Waals surface area contributed by atoms with Crippen LogP contribution in [0, 0.1) is 10.1 Å². The quantitative estimate of drug-likeness (QED) is 0.467. The minimum atomic E-state index is -0.422. The third kappa shape index (κ3) is 4.83. The lowest BCUT2D eigenvalue weighted by molar-refractivity contribution is -0.383. The Bertz CT molecular complexity index is 388. The fraction of sp³-hybridized carbons (Fsp3) is 0.455. The smallest absolute Gasteiger partial charge is 0.293 e. The van der Waals surface area contributed by atoms with Crippen LogP contribution in [0.25, 0.3) is 0 Å². The molecule has 0 heterocycles. The number of halogens is 1. The monoisotopic (exact) mass is 274 g/mol. The highest BCUT2D eigenvalue weighted by Gasteiger charge is 2.13. The van der Waals surface area contributed by atoms with Crippen molar-refractivity contribution < 1.29 is 4.92 Å². The predicted octanol–water partition coefficient (Wildman–Crippen LogP) is 3.80. The summed E-state index contributed by atoms with van der Waals surface area (Å²) < 4.78 is 0. The molecule has 1 N–H and O–H groups in total. The molecule has 1 aromatic rings. The van der Waals surface area contributed by atoms with E-state index in [1.165, 1.54) is 6.07 Å². The summed E-state index contributed by atoms with van der Waals surface area (Å²) in [6.07, 6.45) is 0.984. The molecular weight excluding hydrogens is 260 g/mol. The van der Waals surface area contributed by atoms with Gasteiger partial charge >= 0.3 is 0 Å². The minimum Gasteiger partial charge on any atom is -0.379 e. The molecule has 0 saturated heterocycles. The Morgan fingerprint density at radius 3 is 2.94 bits per heavy atom. The highest BCUT2D eigenvalue weighted by atomic mass is 35.5. The van der Waals surface area contributed by atoms with Crippen molar-refractivity contribution in [1.29, 1.82) is 0 Å². The van der Waals surface area contributed by atoms with E-state index < -0.39 is 4.92 Å². The second-order valence-electron chi connectivity index (χ2n) is 3.40. The lowest BCUT2D eigenvalue weighted by Gasteiger charge is -2.06. The van der Waals surface area contributed by atoms with E-state index >= 15 is 0 Å². The van der Waals surface area contributed by atoms with Crippen LogP contribution in [-0.4, -0.2) is 23.0 Å². The van der Waals surface area contributed by atoms with Gasteiger partial charge in [0.1, 0.15) is 5.69 Å². The SMILES string of the molecule is CCSCCCNc1ccc(Cl)cc1[N+](=O)[O-]. The Hall–Kier alpha value is -0.940. The summed E-state index contributed by atoms with van der Waals surface area (Å²) in [7, 11) is 0. The number of thioether (sulfide) groups is 1. The third-order valence-corrected chi connectivity index (χ3v) is 3.36. The predicted molar refractivity (Wildman–Crippen MR) is 74.2 cm³/mol. The molecule has 1 aromatic carbocycles. The zero-order valence-corrected chi connectivity index (χ0v) is 11.2. The number of nitrogens with one attached hydrogen (secondary N) is 1. The van der Waals surface area contributed by atoms with Gasteiger partial charge in [0.15, 0.2) is 0 Å². The van der Waals surface area contributed by atoms with E-state index in [-0.39, 0.29) is 5.69 Å². The van der Waals surface area contributed by atoms with Crippen molar-refractivity contribution in [3.8, 4) is 0 Å². The van der Waals surface area contributed by atoms with Gasteiger partial charge in [0.05, 0.1) is 4.92 Å². The molecule has 0 aliphatic rings. The van der Waals surface area contributed by atoms with Gasteiger partial charge in [-0.3, -0.25) is 10.1 Å². The van der Waals surface area contributed by atoms with Gasteiger partial charge in [-0.05, 0) is 30.1 Å². The average Bonchev–Trinajstić information content (AvgIpc) is 2.30. The molecule has 0 fully saturated rings. The molecule has 17 heavy (non-hydrogen) atoms. The van der Waals surface area contributed by atoms with Crippen molar-refractivity contribution in [2.24, 2.45) is 0 Å². The maximum absolute atomic E-state index is 10.8. The molecule has 0 aliphatic carbocycles. The van der Waals surface area contributed by atoms with E-state index in [1.54, 1.807) is 12.1 Å². The number of nitrogens with zero attached hydrogens (tertiary/aromatic N) is 1. The van der Waals surface area contributed by atoms with Crippen molar-refractivity contribution in [2.75, 3.05) is 23.4 Å². The zero-order chi connectivity index (χ0) is 12.7. The zero-order valence-electron chi connectivity index (χ0n) is 9.61. The van der Waals surface area contributed by atoms with Crippen LogP contribution in [0.1, 0.15) is 13.3 Å². The van der Waals surface area contributed by atoms with Crippen LogP contribution < -0.4 is 5.32 Å². The maximum Gasteiger partial charge on any atom is 0.293 e.